The molecule has 9 heteroatoms. The summed E-state index contributed by atoms with van der Waals surface area (Å²) in [4.78, 5) is 42.5. The Morgan fingerprint density at radius 1 is 0.938 bits per heavy atom. The van der Waals surface area contributed by atoms with Gasteiger partial charge >= 0.3 is 6.09 Å². The molecule has 1 aromatic rings. The highest BCUT2D eigenvalue weighted by Crippen LogP contribution is 2.36. The number of rotatable bonds is 4. The Morgan fingerprint density at radius 3 is 2.12 bits per heavy atom. The molecule has 4 rings (SSSR count). The average Bonchev–Trinajstić information content (AvgIpc) is 3.18. The zero-order valence-electron chi connectivity index (χ0n) is 18.2. The largest absolute Gasteiger partial charge is 0.465 e. The zero-order chi connectivity index (χ0) is 23.0. The molecule has 0 aromatic heterocycles. The van der Waals surface area contributed by atoms with Gasteiger partial charge in [-0.2, -0.15) is 0 Å². The van der Waals surface area contributed by atoms with Crippen molar-refractivity contribution in [1.29, 1.82) is 0 Å². The molecule has 32 heavy (non-hydrogen) atoms. The van der Waals surface area contributed by atoms with E-state index in [1.54, 1.807) is 17.0 Å². The van der Waals surface area contributed by atoms with Crippen LogP contribution < -0.4 is 0 Å². The second-order valence-electron chi connectivity index (χ2n) is 9.21. The molecule has 1 aromatic carbocycles. The fourth-order valence-corrected chi connectivity index (χ4v) is 5.40. The first-order valence-electron chi connectivity index (χ1n) is 11.2. The number of carbonyl (C=O) groups excluding carboxylic acids is 2. The van der Waals surface area contributed by atoms with Crippen LogP contribution in [0.2, 0.25) is 10.0 Å². The summed E-state index contributed by atoms with van der Waals surface area (Å²) in [6.45, 7) is 2.01. The fourth-order valence-electron chi connectivity index (χ4n) is 5.09. The van der Waals surface area contributed by atoms with Gasteiger partial charge in [0.2, 0.25) is 11.8 Å². The van der Waals surface area contributed by atoms with Crippen molar-refractivity contribution < 1.29 is 19.5 Å². The van der Waals surface area contributed by atoms with E-state index < -0.39 is 6.09 Å². The third-order valence-electron chi connectivity index (χ3n) is 7.38. The van der Waals surface area contributed by atoms with Crippen molar-refractivity contribution >= 4 is 41.1 Å². The summed E-state index contributed by atoms with van der Waals surface area (Å²) in [6.07, 6.45) is 3.39. The standard InChI is InChI=1S/C23H29Cl2N3O4/c1-26(23(31)32)20-13-28(12-17(20)16-5-6-18(24)19(25)11-16)22(30)15-7-9-27(10-8-15)21(29)14-3-2-4-14/h5-6,11,14-15,17,20H,2-4,7-10,12-13H2,1H3,(H,31,32)/t17-,20+/m0/s1. The molecule has 174 valence electrons. The maximum atomic E-state index is 13.3. The molecule has 1 aliphatic carbocycles. The first-order chi connectivity index (χ1) is 15.3. The first kappa shape index (κ1) is 23.2. The van der Waals surface area contributed by atoms with Crippen LogP contribution in [-0.2, 0) is 9.59 Å². The molecule has 0 spiro atoms. The summed E-state index contributed by atoms with van der Waals surface area (Å²) in [5.41, 5.74) is 0.869. The molecule has 0 bridgehead atoms. The van der Waals surface area contributed by atoms with E-state index in [-0.39, 0.29) is 35.6 Å². The molecule has 3 fully saturated rings. The Morgan fingerprint density at radius 2 is 1.56 bits per heavy atom. The van der Waals surface area contributed by atoms with Crippen molar-refractivity contribution in [2.45, 2.75) is 44.1 Å². The predicted molar refractivity (Wildman–Crippen MR) is 122 cm³/mol. The number of piperidine rings is 1. The van der Waals surface area contributed by atoms with Crippen molar-refractivity contribution in [2.75, 3.05) is 33.2 Å². The topological polar surface area (TPSA) is 81.2 Å². The number of carboxylic acid groups (broad SMARTS) is 1. The van der Waals surface area contributed by atoms with Crippen molar-refractivity contribution in [3.05, 3.63) is 33.8 Å². The maximum Gasteiger partial charge on any atom is 0.407 e. The van der Waals surface area contributed by atoms with E-state index in [9.17, 15) is 19.5 Å². The number of halogens is 2. The van der Waals surface area contributed by atoms with Crippen LogP contribution >= 0.6 is 23.2 Å². The van der Waals surface area contributed by atoms with Crippen LogP contribution in [0.1, 0.15) is 43.6 Å². The second kappa shape index (κ2) is 9.48. The zero-order valence-corrected chi connectivity index (χ0v) is 19.7. The van der Waals surface area contributed by atoms with Crippen LogP contribution in [0.3, 0.4) is 0 Å². The number of benzene rings is 1. The first-order valence-corrected chi connectivity index (χ1v) is 12.0. The van der Waals surface area contributed by atoms with Gasteiger partial charge in [0.25, 0.3) is 0 Å². The van der Waals surface area contributed by atoms with Gasteiger partial charge in [-0.25, -0.2) is 4.79 Å². The van der Waals surface area contributed by atoms with Crippen LogP contribution in [0.15, 0.2) is 18.2 Å². The Bertz CT molecular complexity index is 899. The summed E-state index contributed by atoms with van der Waals surface area (Å²) >= 11 is 12.3. The van der Waals surface area contributed by atoms with Crippen LogP contribution in [0, 0.1) is 11.8 Å². The monoisotopic (exact) mass is 481 g/mol. The molecule has 2 aliphatic heterocycles. The second-order valence-corrected chi connectivity index (χ2v) is 10.0. The molecule has 2 saturated heterocycles. The van der Waals surface area contributed by atoms with E-state index >= 15 is 0 Å². The Kier molecular flexibility index (Phi) is 6.86. The van der Waals surface area contributed by atoms with Crippen molar-refractivity contribution in [3.63, 3.8) is 0 Å². The normalized spacial score (nSPS) is 24.3. The van der Waals surface area contributed by atoms with Gasteiger partial charge in [0, 0.05) is 51.0 Å². The lowest BCUT2D eigenvalue weighted by Gasteiger charge is -2.37. The lowest BCUT2D eigenvalue weighted by molar-refractivity contribution is -0.143. The number of likely N-dealkylation sites (N-methyl/N-ethyl adjacent to an activating group) is 1. The molecule has 3 amide bonds. The van der Waals surface area contributed by atoms with E-state index in [0.717, 1.165) is 24.8 Å². The third kappa shape index (κ3) is 4.55. The minimum absolute atomic E-state index is 0.0482. The molecule has 0 radical (unpaired) electrons. The summed E-state index contributed by atoms with van der Waals surface area (Å²) < 4.78 is 0. The maximum absolute atomic E-state index is 13.3. The van der Waals surface area contributed by atoms with Gasteiger partial charge < -0.3 is 19.8 Å². The molecule has 1 N–H and O–H groups in total. The van der Waals surface area contributed by atoms with Crippen molar-refractivity contribution in [1.82, 2.24) is 14.7 Å². The summed E-state index contributed by atoms with van der Waals surface area (Å²) in [5, 5.41) is 10.4. The van der Waals surface area contributed by atoms with Crippen LogP contribution in [0.25, 0.3) is 0 Å². The number of hydrogen-bond acceptors (Lipinski definition) is 3. The van der Waals surface area contributed by atoms with Gasteiger partial charge in [0.15, 0.2) is 0 Å². The molecule has 3 aliphatic rings. The summed E-state index contributed by atoms with van der Waals surface area (Å²) in [6, 6.07) is 4.95. The lowest BCUT2D eigenvalue weighted by Crippen LogP contribution is -2.47. The average molecular weight is 482 g/mol. The van der Waals surface area contributed by atoms with Crippen LogP contribution in [-0.4, -0.2) is 77.0 Å². The highest BCUT2D eigenvalue weighted by Gasteiger charge is 2.42. The van der Waals surface area contributed by atoms with Crippen molar-refractivity contribution in [2.24, 2.45) is 11.8 Å². The smallest absolute Gasteiger partial charge is 0.407 e. The molecular weight excluding hydrogens is 453 g/mol. The van der Waals surface area contributed by atoms with Gasteiger partial charge in [0.05, 0.1) is 16.1 Å². The van der Waals surface area contributed by atoms with E-state index in [2.05, 4.69) is 0 Å². The summed E-state index contributed by atoms with van der Waals surface area (Å²) in [7, 11) is 1.54. The van der Waals surface area contributed by atoms with E-state index in [4.69, 9.17) is 23.2 Å². The molecular formula is C23H29Cl2N3O4. The Labute approximate surface area is 198 Å². The number of amides is 3. The van der Waals surface area contributed by atoms with E-state index in [1.165, 1.54) is 11.9 Å². The Hall–Kier alpha value is -1.99. The molecule has 0 unspecified atom stereocenters. The molecule has 2 atom stereocenters. The van der Waals surface area contributed by atoms with Gasteiger partial charge in [0.1, 0.15) is 0 Å². The van der Waals surface area contributed by atoms with Gasteiger partial charge in [-0.15, -0.1) is 0 Å². The van der Waals surface area contributed by atoms with E-state index in [1.807, 2.05) is 11.0 Å². The van der Waals surface area contributed by atoms with Crippen LogP contribution in [0.4, 0.5) is 4.79 Å². The van der Waals surface area contributed by atoms with Crippen molar-refractivity contribution in [3.8, 4) is 0 Å². The van der Waals surface area contributed by atoms with Gasteiger partial charge in [-0.1, -0.05) is 35.7 Å². The quantitative estimate of drug-likeness (QED) is 0.705. The number of nitrogens with zero attached hydrogens (tertiary/aromatic N) is 3. The summed E-state index contributed by atoms with van der Waals surface area (Å²) in [5.74, 6) is 0.150. The minimum atomic E-state index is -1.03. The highest BCUT2D eigenvalue weighted by atomic mass is 35.5. The number of hydrogen-bond donors (Lipinski definition) is 1. The fraction of sp³-hybridized carbons (Fsp3) is 0.609. The molecule has 2 heterocycles. The predicted octanol–water partition coefficient (Wildman–Crippen LogP) is 3.94. The third-order valence-corrected chi connectivity index (χ3v) is 8.12. The van der Waals surface area contributed by atoms with Gasteiger partial charge in [-0.3, -0.25) is 9.59 Å². The lowest BCUT2D eigenvalue weighted by atomic mass is 9.83. The molecule has 7 nitrogen and oxygen atoms in total. The molecule has 1 saturated carbocycles. The number of carbonyl (C=O) groups is 3. The Balaban J connectivity index is 1.44. The minimum Gasteiger partial charge on any atom is -0.465 e. The highest BCUT2D eigenvalue weighted by molar-refractivity contribution is 6.42. The van der Waals surface area contributed by atoms with E-state index in [0.29, 0.717) is 49.1 Å². The number of likely N-dealkylation sites (tertiary alicyclic amines) is 2. The van der Waals surface area contributed by atoms with Gasteiger partial charge in [-0.05, 0) is 43.4 Å². The van der Waals surface area contributed by atoms with Crippen LogP contribution in [0.5, 0.6) is 0 Å². The SMILES string of the molecule is CN(C(=O)O)[C@@H]1CN(C(=O)C2CCN(C(=O)C3CCC3)CC2)C[C@H]1c1ccc(Cl)c(Cl)c1.